The Kier molecular flexibility index (Phi) is 2.06. The average Bonchev–Trinajstić information content (AvgIpc) is 2.16. The maximum Gasteiger partial charge on any atom is 0.171 e. The molecule has 0 bridgehead atoms. The highest BCUT2D eigenvalue weighted by atomic mass is 16.5. The van der Waals surface area contributed by atoms with Gasteiger partial charge >= 0.3 is 0 Å². The number of nitrogens with one attached hydrogen (secondary N) is 1. The first-order chi connectivity index (χ1) is 6.31. The quantitative estimate of drug-likeness (QED) is 0.670. The lowest BCUT2D eigenvalue weighted by Crippen LogP contribution is -2.31. The fourth-order valence-corrected chi connectivity index (χ4v) is 1.39. The zero-order valence-electron chi connectivity index (χ0n) is 7.45. The van der Waals surface area contributed by atoms with Crippen LogP contribution >= 0.6 is 0 Å². The summed E-state index contributed by atoms with van der Waals surface area (Å²) >= 11 is 0. The third kappa shape index (κ3) is 1.45. The Bertz CT molecular complexity index is 314. The lowest BCUT2D eigenvalue weighted by atomic mass is 10.2. The number of aryl methyl sites for hydroxylation is 1. The summed E-state index contributed by atoms with van der Waals surface area (Å²) in [5.41, 5.74) is 1.12. The lowest BCUT2D eigenvalue weighted by molar-refractivity contribution is 0.118. The van der Waals surface area contributed by atoms with Gasteiger partial charge in [0.05, 0.1) is 0 Å². The van der Waals surface area contributed by atoms with Crippen molar-refractivity contribution in [2.45, 2.75) is 19.6 Å². The van der Waals surface area contributed by atoms with Crippen LogP contribution in [0.2, 0.25) is 0 Å². The third-order valence-electron chi connectivity index (χ3n) is 2.06. The number of rotatable bonds is 1. The minimum absolute atomic E-state index is 0.283. The molecule has 1 aliphatic heterocycles. The number of nitrogens with zero attached hydrogens (tertiary/aromatic N) is 1. The molecule has 70 valence electrons. The van der Waals surface area contributed by atoms with Crippen molar-refractivity contribution in [2.75, 3.05) is 11.9 Å². The molecule has 0 aromatic carbocycles. The molecule has 0 aliphatic carbocycles. The predicted molar refractivity (Wildman–Crippen MR) is 48.7 cm³/mol. The number of ether oxygens (including phenoxy) is 1. The van der Waals surface area contributed by atoms with Crippen molar-refractivity contribution < 1.29 is 9.84 Å². The van der Waals surface area contributed by atoms with E-state index < -0.39 is 6.23 Å². The number of fused-ring (bicyclic) bond motifs is 1. The second-order valence-electron chi connectivity index (χ2n) is 2.97. The van der Waals surface area contributed by atoms with E-state index in [9.17, 15) is 5.11 Å². The van der Waals surface area contributed by atoms with Gasteiger partial charge in [0.15, 0.2) is 17.8 Å². The van der Waals surface area contributed by atoms with Gasteiger partial charge in [-0.05, 0) is 18.1 Å². The van der Waals surface area contributed by atoms with Crippen molar-refractivity contribution in [3.63, 3.8) is 0 Å². The minimum atomic E-state index is -0.646. The second kappa shape index (κ2) is 3.22. The van der Waals surface area contributed by atoms with Gasteiger partial charge in [-0.1, -0.05) is 6.92 Å². The Balaban J connectivity index is 2.39. The first-order valence-electron chi connectivity index (χ1n) is 4.36. The van der Waals surface area contributed by atoms with Crippen LogP contribution in [0.5, 0.6) is 5.75 Å². The Morgan fingerprint density at radius 1 is 1.77 bits per heavy atom. The number of aliphatic hydroxyl groups excluding tert-OH is 1. The summed E-state index contributed by atoms with van der Waals surface area (Å²) in [6.07, 6.45) is 1.97. The van der Waals surface area contributed by atoms with Gasteiger partial charge in [0.2, 0.25) is 0 Å². The van der Waals surface area contributed by atoms with E-state index in [1.165, 1.54) is 0 Å². The molecule has 2 heterocycles. The maximum atomic E-state index is 9.24. The minimum Gasteiger partial charge on any atom is -0.485 e. The van der Waals surface area contributed by atoms with Crippen molar-refractivity contribution in [3.05, 3.63) is 17.8 Å². The Morgan fingerprint density at radius 3 is 3.38 bits per heavy atom. The fraction of sp³-hybridized carbons (Fsp3) is 0.444. The number of hydrogen-bond acceptors (Lipinski definition) is 4. The van der Waals surface area contributed by atoms with Gasteiger partial charge in [0.1, 0.15) is 6.61 Å². The molecule has 1 aliphatic rings. The van der Waals surface area contributed by atoms with Crippen LogP contribution < -0.4 is 10.1 Å². The summed E-state index contributed by atoms with van der Waals surface area (Å²) in [6.45, 7) is 2.34. The molecule has 1 aromatic heterocycles. The van der Waals surface area contributed by atoms with Crippen molar-refractivity contribution in [2.24, 2.45) is 0 Å². The number of anilines is 1. The summed E-state index contributed by atoms with van der Waals surface area (Å²) in [6, 6.07) is 1.93. The molecule has 0 spiro atoms. The molecule has 4 nitrogen and oxygen atoms in total. The van der Waals surface area contributed by atoms with Crippen molar-refractivity contribution in [1.29, 1.82) is 0 Å². The number of hydrogen-bond donors (Lipinski definition) is 2. The van der Waals surface area contributed by atoms with Crippen molar-refractivity contribution in [1.82, 2.24) is 4.98 Å². The smallest absolute Gasteiger partial charge is 0.171 e. The third-order valence-corrected chi connectivity index (χ3v) is 2.06. The molecule has 13 heavy (non-hydrogen) atoms. The first-order valence-corrected chi connectivity index (χ1v) is 4.36. The predicted octanol–water partition coefficient (Wildman–Crippen LogP) is 0.767. The molecule has 0 amide bonds. The molecule has 0 saturated heterocycles. The highest BCUT2D eigenvalue weighted by Gasteiger charge is 2.19. The molecular formula is C9H12N2O2. The van der Waals surface area contributed by atoms with Gasteiger partial charge < -0.3 is 15.2 Å². The van der Waals surface area contributed by atoms with E-state index in [2.05, 4.69) is 17.2 Å². The summed E-state index contributed by atoms with van der Waals surface area (Å²) in [5.74, 6) is 1.41. The van der Waals surface area contributed by atoms with Crippen LogP contribution in [-0.2, 0) is 6.42 Å². The first kappa shape index (κ1) is 8.31. The van der Waals surface area contributed by atoms with Crippen LogP contribution in [0.15, 0.2) is 12.3 Å². The van der Waals surface area contributed by atoms with Crippen LogP contribution in [0, 0.1) is 0 Å². The van der Waals surface area contributed by atoms with Crippen molar-refractivity contribution in [3.8, 4) is 5.75 Å². The van der Waals surface area contributed by atoms with E-state index >= 15 is 0 Å². The van der Waals surface area contributed by atoms with Crippen LogP contribution in [0.3, 0.4) is 0 Å². The zero-order valence-corrected chi connectivity index (χ0v) is 7.45. The normalized spacial score (nSPS) is 20.0. The van der Waals surface area contributed by atoms with Gasteiger partial charge in [-0.15, -0.1) is 0 Å². The van der Waals surface area contributed by atoms with E-state index in [0.717, 1.165) is 17.7 Å². The van der Waals surface area contributed by atoms with Gasteiger partial charge in [-0.25, -0.2) is 4.98 Å². The van der Waals surface area contributed by atoms with E-state index in [0.29, 0.717) is 5.82 Å². The SMILES string of the molecule is CCc1ccnc2c1OCC(O)N2. The summed E-state index contributed by atoms with van der Waals surface area (Å²) < 4.78 is 5.38. The second-order valence-corrected chi connectivity index (χ2v) is 2.97. The molecule has 4 heteroatoms. The topological polar surface area (TPSA) is 54.4 Å². The van der Waals surface area contributed by atoms with Crippen molar-refractivity contribution >= 4 is 5.82 Å². The maximum absolute atomic E-state index is 9.24. The van der Waals surface area contributed by atoms with Gasteiger partial charge in [-0.3, -0.25) is 0 Å². The van der Waals surface area contributed by atoms with E-state index in [1.54, 1.807) is 6.20 Å². The molecule has 1 aromatic rings. The largest absolute Gasteiger partial charge is 0.485 e. The standard InChI is InChI=1S/C9H12N2O2/c1-2-6-3-4-10-9-8(6)13-5-7(12)11-9/h3-4,7,12H,2,5H2,1H3,(H,10,11). The Labute approximate surface area is 76.6 Å². The molecule has 2 rings (SSSR count). The molecule has 0 saturated carbocycles. The van der Waals surface area contributed by atoms with E-state index in [-0.39, 0.29) is 6.61 Å². The monoisotopic (exact) mass is 180 g/mol. The van der Waals surface area contributed by atoms with Gasteiger partial charge in [0.25, 0.3) is 0 Å². The Hall–Kier alpha value is -1.29. The molecule has 1 unspecified atom stereocenters. The zero-order chi connectivity index (χ0) is 9.26. The lowest BCUT2D eigenvalue weighted by Gasteiger charge is -2.24. The molecule has 0 radical (unpaired) electrons. The molecule has 0 fully saturated rings. The summed E-state index contributed by atoms with van der Waals surface area (Å²) in [7, 11) is 0. The molecule has 1 atom stereocenters. The number of aromatic nitrogens is 1. The average molecular weight is 180 g/mol. The highest BCUT2D eigenvalue weighted by Crippen LogP contribution is 2.30. The molecular weight excluding hydrogens is 168 g/mol. The van der Waals surface area contributed by atoms with Crippen LogP contribution in [0.1, 0.15) is 12.5 Å². The fourth-order valence-electron chi connectivity index (χ4n) is 1.39. The number of aliphatic hydroxyl groups is 1. The summed E-state index contributed by atoms with van der Waals surface area (Å²) in [5, 5.41) is 12.1. The number of pyridine rings is 1. The van der Waals surface area contributed by atoms with E-state index in [4.69, 9.17) is 4.74 Å². The molecule has 2 N–H and O–H groups in total. The Morgan fingerprint density at radius 2 is 2.62 bits per heavy atom. The van der Waals surface area contributed by atoms with Crippen LogP contribution in [0.4, 0.5) is 5.82 Å². The van der Waals surface area contributed by atoms with Crippen LogP contribution in [0.25, 0.3) is 0 Å². The van der Waals surface area contributed by atoms with Gasteiger partial charge in [-0.2, -0.15) is 0 Å². The highest BCUT2D eigenvalue weighted by molar-refractivity contribution is 5.56. The van der Waals surface area contributed by atoms with Gasteiger partial charge in [0, 0.05) is 6.20 Å². The van der Waals surface area contributed by atoms with E-state index in [1.807, 2.05) is 6.07 Å². The van der Waals surface area contributed by atoms with Crippen LogP contribution in [-0.4, -0.2) is 22.9 Å². The summed E-state index contributed by atoms with van der Waals surface area (Å²) in [4.78, 5) is 4.08.